The monoisotopic (exact) mass is 175 g/mol. The fourth-order valence-electron chi connectivity index (χ4n) is 0.869. The van der Waals surface area contributed by atoms with Gasteiger partial charge in [-0.1, -0.05) is 6.92 Å². The Morgan fingerprint density at radius 3 is 2.42 bits per heavy atom. The van der Waals surface area contributed by atoms with E-state index in [1.165, 1.54) is 0 Å². The Labute approximate surface area is 75.4 Å². The van der Waals surface area contributed by atoms with Crippen LogP contribution in [0.3, 0.4) is 0 Å². The van der Waals surface area contributed by atoms with Gasteiger partial charge in [0.1, 0.15) is 0 Å². The molecule has 0 aromatic rings. The molecule has 0 rings (SSSR count). The van der Waals surface area contributed by atoms with Crippen molar-refractivity contribution in [1.82, 2.24) is 5.32 Å². The molecule has 0 saturated heterocycles. The average molecular weight is 175 g/mol. The lowest BCUT2D eigenvalue weighted by molar-refractivity contribution is 0.00286. The van der Waals surface area contributed by atoms with E-state index >= 15 is 0 Å². The summed E-state index contributed by atoms with van der Waals surface area (Å²) in [5.74, 6) is 0. The third-order valence-corrected chi connectivity index (χ3v) is 2.22. The van der Waals surface area contributed by atoms with Gasteiger partial charge >= 0.3 is 0 Å². The fourth-order valence-corrected chi connectivity index (χ4v) is 0.869. The van der Waals surface area contributed by atoms with Crippen LogP contribution in [0.25, 0.3) is 0 Å². The van der Waals surface area contributed by atoms with Crippen molar-refractivity contribution in [2.45, 2.75) is 25.9 Å². The predicted octanol–water partition coefficient (Wildman–Crippen LogP) is 1.04. The second kappa shape index (κ2) is 6.40. The maximum atomic E-state index is 5.36. The molecule has 0 bridgehead atoms. The second-order valence-electron chi connectivity index (χ2n) is 3.18. The van der Waals surface area contributed by atoms with E-state index < -0.39 is 0 Å². The van der Waals surface area contributed by atoms with Crippen molar-refractivity contribution < 1.29 is 9.47 Å². The molecule has 1 atom stereocenters. The Morgan fingerprint density at radius 1 is 1.33 bits per heavy atom. The minimum absolute atomic E-state index is 0.0340. The summed E-state index contributed by atoms with van der Waals surface area (Å²) < 4.78 is 10.3. The zero-order valence-electron chi connectivity index (χ0n) is 8.64. The molecular weight excluding hydrogens is 154 g/mol. The topological polar surface area (TPSA) is 30.5 Å². The minimum Gasteiger partial charge on any atom is -0.383 e. The van der Waals surface area contributed by atoms with Crippen LogP contribution in [0, 0.1) is 0 Å². The molecule has 3 heteroatoms. The van der Waals surface area contributed by atoms with Gasteiger partial charge in [0.15, 0.2) is 0 Å². The number of hydrogen-bond acceptors (Lipinski definition) is 3. The molecule has 1 N–H and O–H groups in total. The lowest BCUT2D eigenvalue weighted by Gasteiger charge is -2.26. The van der Waals surface area contributed by atoms with Gasteiger partial charge in [0, 0.05) is 27.3 Å². The van der Waals surface area contributed by atoms with Gasteiger partial charge in [0.2, 0.25) is 0 Å². The van der Waals surface area contributed by atoms with Crippen molar-refractivity contribution in [1.29, 1.82) is 0 Å². The molecule has 0 saturated carbocycles. The molecule has 0 aliphatic carbocycles. The van der Waals surface area contributed by atoms with E-state index in [2.05, 4.69) is 19.2 Å². The summed E-state index contributed by atoms with van der Waals surface area (Å²) in [5, 5.41) is 3.28. The quantitative estimate of drug-likeness (QED) is 0.586. The molecule has 74 valence electrons. The van der Waals surface area contributed by atoms with Gasteiger partial charge in [0.05, 0.1) is 12.2 Å². The molecule has 0 spiro atoms. The highest BCUT2D eigenvalue weighted by Gasteiger charge is 2.19. The summed E-state index contributed by atoms with van der Waals surface area (Å²) in [6.07, 6.45) is 1.02. The van der Waals surface area contributed by atoms with Crippen LogP contribution in [0.2, 0.25) is 0 Å². The van der Waals surface area contributed by atoms with Gasteiger partial charge in [-0.2, -0.15) is 0 Å². The molecular formula is C9H21NO2. The first-order valence-electron chi connectivity index (χ1n) is 4.43. The predicted molar refractivity (Wildman–Crippen MR) is 50.5 cm³/mol. The molecule has 0 radical (unpaired) electrons. The summed E-state index contributed by atoms with van der Waals surface area (Å²) in [6.45, 7) is 6.75. The lowest BCUT2D eigenvalue weighted by Crippen LogP contribution is -2.40. The van der Waals surface area contributed by atoms with E-state index in [-0.39, 0.29) is 5.60 Å². The van der Waals surface area contributed by atoms with E-state index in [1.54, 1.807) is 14.2 Å². The standard InChI is InChI=1S/C9H21NO2/c1-5-9(2,12-4)8-10-6-7-11-3/h10H,5-8H2,1-4H3. The maximum absolute atomic E-state index is 5.36. The van der Waals surface area contributed by atoms with Crippen LogP contribution < -0.4 is 5.32 Å². The number of nitrogens with one attached hydrogen (secondary N) is 1. The van der Waals surface area contributed by atoms with Crippen molar-refractivity contribution >= 4 is 0 Å². The van der Waals surface area contributed by atoms with Crippen molar-refractivity contribution in [3.8, 4) is 0 Å². The molecule has 0 fully saturated rings. The molecule has 12 heavy (non-hydrogen) atoms. The van der Waals surface area contributed by atoms with Crippen LogP contribution in [0.1, 0.15) is 20.3 Å². The largest absolute Gasteiger partial charge is 0.383 e. The Balaban J connectivity index is 3.45. The summed E-state index contributed by atoms with van der Waals surface area (Å²) in [7, 11) is 3.46. The van der Waals surface area contributed by atoms with E-state index in [0.717, 1.165) is 26.1 Å². The van der Waals surface area contributed by atoms with Gasteiger partial charge in [-0.3, -0.25) is 0 Å². The Bertz CT molecular complexity index is 103. The van der Waals surface area contributed by atoms with Crippen LogP contribution in [0.15, 0.2) is 0 Å². The Hall–Kier alpha value is -0.120. The van der Waals surface area contributed by atoms with Crippen LogP contribution in [-0.4, -0.2) is 39.5 Å². The first-order valence-corrected chi connectivity index (χ1v) is 4.43. The summed E-state index contributed by atoms with van der Waals surface area (Å²) in [4.78, 5) is 0. The highest BCUT2D eigenvalue weighted by Crippen LogP contribution is 2.11. The molecule has 0 amide bonds. The summed E-state index contributed by atoms with van der Waals surface area (Å²) in [6, 6.07) is 0. The highest BCUT2D eigenvalue weighted by atomic mass is 16.5. The van der Waals surface area contributed by atoms with E-state index in [1.807, 2.05) is 0 Å². The number of methoxy groups -OCH3 is 2. The minimum atomic E-state index is -0.0340. The lowest BCUT2D eigenvalue weighted by atomic mass is 10.0. The van der Waals surface area contributed by atoms with Gasteiger partial charge < -0.3 is 14.8 Å². The molecule has 0 aliphatic heterocycles. The van der Waals surface area contributed by atoms with Crippen LogP contribution in [0.4, 0.5) is 0 Å². The maximum Gasteiger partial charge on any atom is 0.0771 e. The number of rotatable bonds is 7. The third-order valence-electron chi connectivity index (χ3n) is 2.22. The van der Waals surface area contributed by atoms with Crippen molar-refractivity contribution in [2.24, 2.45) is 0 Å². The van der Waals surface area contributed by atoms with Gasteiger partial charge in [-0.15, -0.1) is 0 Å². The Kier molecular flexibility index (Phi) is 6.34. The van der Waals surface area contributed by atoms with Crippen molar-refractivity contribution in [2.75, 3.05) is 33.9 Å². The fraction of sp³-hybridized carbons (Fsp3) is 1.00. The number of ether oxygens (including phenoxy) is 2. The molecule has 0 aliphatic rings. The molecule has 1 unspecified atom stereocenters. The van der Waals surface area contributed by atoms with Gasteiger partial charge in [-0.25, -0.2) is 0 Å². The summed E-state index contributed by atoms with van der Waals surface area (Å²) >= 11 is 0. The Morgan fingerprint density at radius 2 is 2.00 bits per heavy atom. The zero-order valence-corrected chi connectivity index (χ0v) is 8.64. The molecule has 0 aromatic heterocycles. The van der Waals surface area contributed by atoms with Crippen LogP contribution in [0.5, 0.6) is 0 Å². The second-order valence-corrected chi connectivity index (χ2v) is 3.18. The van der Waals surface area contributed by atoms with Crippen molar-refractivity contribution in [3.05, 3.63) is 0 Å². The number of hydrogen-bond donors (Lipinski definition) is 1. The normalized spacial score (nSPS) is 16.0. The smallest absolute Gasteiger partial charge is 0.0771 e. The van der Waals surface area contributed by atoms with E-state index in [0.29, 0.717) is 0 Å². The highest BCUT2D eigenvalue weighted by molar-refractivity contribution is 4.75. The first kappa shape index (κ1) is 11.9. The van der Waals surface area contributed by atoms with Crippen LogP contribution >= 0.6 is 0 Å². The first-order chi connectivity index (χ1) is 5.68. The van der Waals surface area contributed by atoms with Gasteiger partial charge in [-0.05, 0) is 13.3 Å². The van der Waals surface area contributed by atoms with E-state index in [9.17, 15) is 0 Å². The molecule has 0 aromatic carbocycles. The van der Waals surface area contributed by atoms with Crippen molar-refractivity contribution in [3.63, 3.8) is 0 Å². The third kappa shape index (κ3) is 4.70. The zero-order chi connectivity index (χ0) is 9.45. The van der Waals surface area contributed by atoms with Crippen LogP contribution in [-0.2, 0) is 9.47 Å². The van der Waals surface area contributed by atoms with Gasteiger partial charge in [0.25, 0.3) is 0 Å². The SMILES string of the molecule is CCC(C)(CNCCOC)OC. The average Bonchev–Trinajstić information content (AvgIpc) is 2.12. The molecule has 3 nitrogen and oxygen atoms in total. The van der Waals surface area contributed by atoms with E-state index in [4.69, 9.17) is 9.47 Å². The summed E-state index contributed by atoms with van der Waals surface area (Å²) in [5.41, 5.74) is -0.0340. The molecule has 0 heterocycles.